The fourth-order valence-electron chi connectivity index (χ4n) is 3.22. The molecule has 0 bridgehead atoms. The Morgan fingerprint density at radius 1 is 1.12 bits per heavy atom. The maximum atomic E-state index is 11.9. The van der Waals surface area contributed by atoms with Gasteiger partial charge in [-0.3, -0.25) is 4.98 Å². The summed E-state index contributed by atoms with van der Waals surface area (Å²) in [6.45, 7) is -0.864. The van der Waals surface area contributed by atoms with Crippen LogP contribution in [0.4, 0.5) is 13.2 Å². The van der Waals surface area contributed by atoms with Crippen molar-refractivity contribution in [1.29, 1.82) is 0 Å². The van der Waals surface area contributed by atoms with Crippen molar-refractivity contribution < 1.29 is 27.8 Å². The molecular weight excluding hydrogens is 449 g/mol. The van der Waals surface area contributed by atoms with Crippen LogP contribution in [0.25, 0.3) is 27.5 Å². The number of para-hydroxylation sites is 1. The molecule has 2 aromatic heterocycles. The molecule has 0 unspecified atom stereocenters. The van der Waals surface area contributed by atoms with Gasteiger partial charge in [0, 0.05) is 35.1 Å². The summed E-state index contributed by atoms with van der Waals surface area (Å²) in [4.78, 5) is 22.0. The number of nitrogens with one attached hydrogen (secondary N) is 1. The first-order valence-corrected chi connectivity index (χ1v) is 10.2. The highest BCUT2D eigenvalue weighted by Gasteiger charge is 2.20. The van der Waals surface area contributed by atoms with Crippen molar-refractivity contribution in [2.45, 2.75) is 12.6 Å². The summed E-state index contributed by atoms with van der Waals surface area (Å²) >= 11 is 0. The number of methoxy groups -OCH3 is 1. The van der Waals surface area contributed by atoms with E-state index in [1.165, 1.54) is 12.4 Å². The number of H-pyrrole nitrogens is 1. The van der Waals surface area contributed by atoms with Crippen molar-refractivity contribution in [2.24, 2.45) is 0 Å². The number of hydrogen-bond acceptors (Lipinski definition) is 4. The third-order valence-electron chi connectivity index (χ3n) is 4.75. The Balaban J connectivity index is 0.000000191. The highest BCUT2D eigenvalue weighted by atomic mass is 19.4. The largest absolute Gasteiger partial charge is 0.655 e. The van der Waals surface area contributed by atoms with E-state index in [0.717, 1.165) is 16.5 Å². The van der Waals surface area contributed by atoms with Crippen LogP contribution in [-0.2, 0) is 6.42 Å². The van der Waals surface area contributed by atoms with E-state index in [9.17, 15) is 18.0 Å². The van der Waals surface area contributed by atoms with Crippen LogP contribution in [-0.4, -0.2) is 52.4 Å². The van der Waals surface area contributed by atoms with Crippen LogP contribution in [0, 0.1) is 0 Å². The van der Waals surface area contributed by atoms with E-state index in [-0.39, 0.29) is 12.2 Å². The second-order valence-electron chi connectivity index (χ2n) is 7.12. The Bertz CT molecular complexity index is 1240. The number of ether oxygens (including phenoxy) is 1. The number of halogens is 3. The van der Waals surface area contributed by atoms with Crippen LogP contribution >= 0.6 is 0 Å². The summed E-state index contributed by atoms with van der Waals surface area (Å²) in [5.74, 6) is -0.458. The highest BCUT2D eigenvalue weighted by Crippen LogP contribution is 2.24. The number of nitrogens with zero attached hydrogens (tertiary/aromatic N) is 3. The minimum Gasteiger partial charge on any atom is -0.655 e. The van der Waals surface area contributed by atoms with Crippen molar-refractivity contribution in [1.82, 2.24) is 15.0 Å². The molecule has 2 aromatic carbocycles. The SMILES string of the molecule is COc1cccc(-c2nccnc2C(=O)O)c1.FC(F)(F)C[N-]CCc1c[nH]c2ccccc12. The van der Waals surface area contributed by atoms with Crippen molar-refractivity contribution in [2.75, 3.05) is 20.2 Å². The third-order valence-corrected chi connectivity index (χ3v) is 4.75. The second-order valence-corrected chi connectivity index (χ2v) is 7.12. The molecule has 0 aliphatic rings. The van der Waals surface area contributed by atoms with E-state index in [1.807, 2.05) is 30.5 Å². The lowest BCUT2D eigenvalue weighted by Gasteiger charge is -2.20. The minimum atomic E-state index is -4.19. The first kappa shape index (κ1) is 24.7. The number of benzene rings is 2. The summed E-state index contributed by atoms with van der Waals surface area (Å²) in [5, 5.41) is 13.6. The fourth-order valence-corrected chi connectivity index (χ4v) is 3.22. The van der Waals surface area contributed by atoms with Crippen LogP contribution in [0.5, 0.6) is 5.75 Å². The van der Waals surface area contributed by atoms with E-state index in [0.29, 0.717) is 23.4 Å². The average molecular weight is 471 g/mol. The lowest BCUT2D eigenvalue weighted by Crippen LogP contribution is -2.14. The smallest absolute Gasteiger partial charge is 0.371 e. The summed E-state index contributed by atoms with van der Waals surface area (Å²) in [6, 6.07) is 14.7. The molecule has 178 valence electrons. The molecule has 0 aliphatic carbocycles. The van der Waals surface area contributed by atoms with Crippen LogP contribution in [0.1, 0.15) is 16.1 Å². The Labute approximate surface area is 193 Å². The maximum Gasteiger partial charge on any atom is 0.371 e. The Morgan fingerprint density at radius 2 is 1.88 bits per heavy atom. The summed E-state index contributed by atoms with van der Waals surface area (Å²) in [7, 11) is 1.55. The summed E-state index contributed by atoms with van der Waals surface area (Å²) in [6.07, 6.45) is 0.975. The summed E-state index contributed by atoms with van der Waals surface area (Å²) in [5.41, 5.74) is 2.93. The number of carbonyl (C=O) groups is 1. The summed E-state index contributed by atoms with van der Waals surface area (Å²) < 4.78 is 40.7. The maximum absolute atomic E-state index is 11.9. The van der Waals surface area contributed by atoms with Crippen molar-refractivity contribution >= 4 is 16.9 Å². The molecule has 0 spiro atoms. The monoisotopic (exact) mass is 471 g/mol. The van der Waals surface area contributed by atoms with Crippen LogP contribution in [0.3, 0.4) is 0 Å². The standard InChI is InChI=1S/C12H12F3N2.C12H10N2O3/c13-12(14,15)8-16-6-5-9-7-17-11-4-2-1-3-10(9)11;1-17-9-4-2-3-8(7-9)10-11(12(15)16)14-6-5-13-10/h1-4,7,17H,5-6,8H2;2-7H,1H3,(H,15,16)/q-1;. The van der Waals surface area contributed by atoms with Crippen LogP contribution in [0.15, 0.2) is 67.1 Å². The second kappa shape index (κ2) is 11.3. The van der Waals surface area contributed by atoms with E-state index in [1.54, 1.807) is 31.4 Å². The molecule has 0 fully saturated rings. The number of carboxylic acid groups (broad SMARTS) is 1. The highest BCUT2D eigenvalue weighted by molar-refractivity contribution is 5.92. The van der Waals surface area contributed by atoms with Gasteiger partial charge < -0.3 is 20.1 Å². The predicted octanol–water partition coefficient (Wildman–Crippen LogP) is 5.50. The Morgan fingerprint density at radius 3 is 2.62 bits per heavy atom. The molecule has 4 rings (SSSR count). The van der Waals surface area contributed by atoms with E-state index >= 15 is 0 Å². The molecule has 0 amide bonds. The molecule has 2 N–H and O–H groups in total. The van der Waals surface area contributed by atoms with Crippen LogP contribution < -0.4 is 4.74 Å². The molecule has 0 saturated heterocycles. The number of aromatic nitrogens is 3. The van der Waals surface area contributed by atoms with Gasteiger partial charge in [0.05, 0.1) is 7.11 Å². The molecule has 4 aromatic rings. The molecule has 2 heterocycles. The quantitative estimate of drug-likeness (QED) is 0.347. The zero-order chi connectivity index (χ0) is 24.6. The van der Waals surface area contributed by atoms with Gasteiger partial charge in [-0.1, -0.05) is 36.9 Å². The van der Waals surface area contributed by atoms with Gasteiger partial charge >= 0.3 is 12.1 Å². The molecular formula is C24H22F3N4O3-. The number of hydrogen-bond donors (Lipinski definition) is 2. The van der Waals surface area contributed by atoms with Gasteiger partial charge in [0.15, 0.2) is 5.69 Å². The zero-order valence-electron chi connectivity index (χ0n) is 18.2. The van der Waals surface area contributed by atoms with E-state index in [4.69, 9.17) is 9.84 Å². The normalized spacial score (nSPS) is 11.1. The van der Waals surface area contributed by atoms with Crippen molar-refractivity contribution in [3.8, 4) is 17.0 Å². The van der Waals surface area contributed by atoms with Gasteiger partial charge in [-0.05, 0) is 30.2 Å². The Kier molecular flexibility index (Phi) is 8.20. The topological polar surface area (TPSA) is 102 Å². The molecule has 7 nitrogen and oxygen atoms in total. The van der Waals surface area contributed by atoms with Gasteiger partial charge in [-0.15, -0.1) is 6.54 Å². The van der Waals surface area contributed by atoms with E-state index < -0.39 is 18.7 Å². The number of fused-ring (bicyclic) bond motifs is 1. The lowest BCUT2D eigenvalue weighted by atomic mass is 10.1. The first-order valence-electron chi connectivity index (χ1n) is 10.2. The fraction of sp³-hybridized carbons (Fsp3) is 0.208. The number of alkyl halides is 3. The Hall–Kier alpha value is -3.92. The number of carboxylic acids is 1. The first-order chi connectivity index (χ1) is 16.3. The van der Waals surface area contributed by atoms with Crippen LogP contribution in [0.2, 0.25) is 0 Å². The number of aromatic amines is 1. The average Bonchev–Trinajstić information content (AvgIpc) is 3.25. The zero-order valence-corrected chi connectivity index (χ0v) is 18.2. The van der Waals surface area contributed by atoms with E-state index in [2.05, 4.69) is 20.3 Å². The molecule has 34 heavy (non-hydrogen) atoms. The molecule has 0 radical (unpaired) electrons. The van der Waals surface area contributed by atoms with Gasteiger partial charge in [0.25, 0.3) is 0 Å². The number of rotatable bonds is 7. The van der Waals surface area contributed by atoms with Gasteiger partial charge in [0.1, 0.15) is 11.4 Å². The number of aromatic carboxylic acids is 1. The molecule has 10 heteroatoms. The van der Waals surface area contributed by atoms with Gasteiger partial charge in [-0.25, -0.2) is 9.78 Å². The lowest BCUT2D eigenvalue weighted by molar-refractivity contribution is -0.113. The predicted molar refractivity (Wildman–Crippen MR) is 122 cm³/mol. The molecule has 0 saturated carbocycles. The minimum absolute atomic E-state index is 0.0687. The molecule has 0 atom stereocenters. The van der Waals surface area contributed by atoms with Crippen molar-refractivity contribution in [3.63, 3.8) is 0 Å². The van der Waals surface area contributed by atoms with Gasteiger partial charge in [0.2, 0.25) is 0 Å². The third kappa shape index (κ3) is 6.79. The molecule has 0 aliphatic heterocycles. The van der Waals surface area contributed by atoms with Gasteiger partial charge in [-0.2, -0.15) is 13.2 Å². The van der Waals surface area contributed by atoms with Crippen molar-refractivity contribution in [3.05, 3.63) is 83.7 Å².